The standard InChI is InChI=1S/C13H11N3O2S/c1-18-12-7-14-6-9(15-12)8-16-13(17)10-4-2-3-5-11(10)19-16/h2-7H,8H2,1H3. The van der Waals surface area contributed by atoms with Crippen LogP contribution < -0.4 is 10.3 Å². The molecule has 0 aliphatic rings. The van der Waals surface area contributed by atoms with Gasteiger partial charge in [0.1, 0.15) is 0 Å². The lowest BCUT2D eigenvalue weighted by Crippen LogP contribution is -2.14. The highest BCUT2D eigenvalue weighted by Gasteiger charge is 2.08. The SMILES string of the molecule is COc1cncc(Cn2sc3ccccc3c2=O)n1. The molecule has 1 aromatic carbocycles. The fourth-order valence-corrected chi connectivity index (χ4v) is 2.84. The van der Waals surface area contributed by atoms with Gasteiger partial charge in [0.15, 0.2) is 0 Å². The molecule has 6 heteroatoms. The summed E-state index contributed by atoms with van der Waals surface area (Å²) in [4.78, 5) is 20.5. The van der Waals surface area contributed by atoms with E-state index in [1.54, 1.807) is 17.3 Å². The summed E-state index contributed by atoms with van der Waals surface area (Å²) in [6, 6.07) is 7.57. The Kier molecular flexibility index (Phi) is 3.00. The number of benzene rings is 1. The number of fused-ring (bicyclic) bond motifs is 1. The third kappa shape index (κ3) is 2.22. The molecule has 3 rings (SSSR count). The minimum atomic E-state index is 0.00483. The maximum atomic E-state index is 12.2. The highest BCUT2D eigenvalue weighted by Crippen LogP contribution is 2.16. The monoisotopic (exact) mass is 273 g/mol. The molecule has 0 unspecified atom stereocenters. The molecule has 0 spiro atoms. The minimum Gasteiger partial charge on any atom is -0.480 e. The molecule has 0 N–H and O–H groups in total. The maximum absolute atomic E-state index is 12.2. The zero-order valence-corrected chi connectivity index (χ0v) is 11.1. The van der Waals surface area contributed by atoms with Crippen molar-refractivity contribution in [2.45, 2.75) is 6.54 Å². The van der Waals surface area contributed by atoms with Crippen LogP contribution in [-0.2, 0) is 6.54 Å². The topological polar surface area (TPSA) is 57.0 Å². The van der Waals surface area contributed by atoms with Gasteiger partial charge in [-0.25, -0.2) is 4.98 Å². The van der Waals surface area contributed by atoms with Crippen molar-refractivity contribution in [3.8, 4) is 5.88 Å². The maximum Gasteiger partial charge on any atom is 0.268 e. The van der Waals surface area contributed by atoms with E-state index in [1.807, 2.05) is 24.3 Å². The number of ether oxygens (including phenoxy) is 1. The van der Waals surface area contributed by atoms with Crippen LogP contribution in [0.5, 0.6) is 5.88 Å². The first-order valence-electron chi connectivity index (χ1n) is 5.71. The Balaban J connectivity index is 2.01. The van der Waals surface area contributed by atoms with E-state index < -0.39 is 0 Å². The van der Waals surface area contributed by atoms with Crippen LogP contribution in [-0.4, -0.2) is 21.0 Å². The molecule has 0 aliphatic heterocycles. The lowest BCUT2D eigenvalue weighted by molar-refractivity contribution is 0.393. The molecule has 0 bridgehead atoms. The fraction of sp³-hybridized carbons (Fsp3) is 0.154. The molecule has 2 aromatic heterocycles. The Hall–Kier alpha value is -2.21. The Morgan fingerprint density at radius 2 is 2.16 bits per heavy atom. The summed E-state index contributed by atoms with van der Waals surface area (Å²) < 4.78 is 7.67. The van der Waals surface area contributed by atoms with E-state index in [2.05, 4.69) is 9.97 Å². The zero-order valence-electron chi connectivity index (χ0n) is 10.2. The molecule has 2 heterocycles. The van der Waals surface area contributed by atoms with Gasteiger partial charge >= 0.3 is 0 Å². The first-order valence-corrected chi connectivity index (χ1v) is 6.49. The predicted molar refractivity (Wildman–Crippen MR) is 73.8 cm³/mol. The summed E-state index contributed by atoms with van der Waals surface area (Å²) in [5.41, 5.74) is 0.707. The quantitative estimate of drug-likeness (QED) is 0.731. The summed E-state index contributed by atoms with van der Waals surface area (Å²) in [6.07, 6.45) is 3.18. The molecule has 0 aliphatic carbocycles. The predicted octanol–water partition coefficient (Wildman–Crippen LogP) is 1.91. The first-order chi connectivity index (χ1) is 9.28. The molecule has 0 saturated heterocycles. The van der Waals surface area contributed by atoms with Gasteiger partial charge < -0.3 is 4.74 Å². The Bertz CT molecular complexity index is 779. The molecule has 0 radical (unpaired) electrons. The van der Waals surface area contributed by atoms with Crippen molar-refractivity contribution in [1.29, 1.82) is 0 Å². The van der Waals surface area contributed by atoms with Gasteiger partial charge in [-0.05, 0) is 12.1 Å². The molecule has 0 amide bonds. The highest BCUT2D eigenvalue weighted by molar-refractivity contribution is 7.13. The molecule has 0 fully saturated rings. The highest BCUT2D eigenvalue weighted by atomic mass is 32.1. The van der Waals surface area contributed by atoms with Gasteiger partial charge in [-0.3, -0.25) is 13.7 Å². The van der Waals surface area contributed by atoms with E-state index in [4.69, 9.17) is 4.74 Å². The smallest absolute Gasteiger partial charge is 0.268 e. The van der Waals surface area contributed by atoms with Gasteiger partial charge in [-0.2, -0.15) is 0 Å². The van der Waals surface area contributed by atoms with Crippen molar-refractivity contribution in [2.75, 3.05) is 7.11 Å². The number of aromatic nitrogens is 3. The summed E-state index contributed by atoms with van der Waals surface area (Å²) in [7, 11) is 1.54. The van der Waals surface area contributed by atoms with Gasteiger partial charge in [0.2, 0.25) is 5.88 Å². The molecule has 5 nitrogen and oxygen atoms in total. The van der Waals surface area contributed by atoms with E-state index in [1.165, 1.54) is 17.7 Å². The van der Waals surface area contributed by atoms with Crippen molar-refractivity contribution in [2.24, 2.45) is 0 Å². The van der Waals surface area contributed by atoms with Crippen LogP contribution in [0.15, 0.2) is 41.5 Å². The van der Waals surface area contributed by atoms with Crippen LogP contribution in [0.25, 0.3) is 10.1 Å². The first kappa shape index (κ1) is 11.9. The molecule has 0 atom stereocenters. The Morgan fingerprint density at radius 1 is 1.32 bits per heavy atom. The van der Waals surface area contributed by atoms with E-state index in [-0.39, 0.29) is 5.56 Å². The van der Waals surface area contributed by atoms with Gasteiger partial charge in [0.25, 0.3) is 5.56 Å². The second-order valence-corrected chi connectivity index (χ2v) is 5.05. The third-order valence-corrected chi connectivity index (χ3v) is 3.80. The number of hydrogen-bond donors (Lipinski definition) is 0. The third-order valence-electron chi connectivity index (χ3n) is 2.73. The van der Waals surface area contributed by atoms with Crippen LogP contribution in [0.1, 0.15) is 5.69 Å². The lowest BCUT2D eigenvalue weighted by atomic mass is 10.3. The number of methoxy groups -OCH3 is 1. The van der Waals surface area contributed by atoms with Gasteiger partial charge in [-0.15, -0.1) is 0 Å². The van der Waals surface area contributed by atoms with Gasteiger partial charge in [-0.1, -0.05) is 23.7 Å². The van der Waals surface area contributed by atoms with Crippen LogP contribution in [0.3, 0.4) is 0 Å². The minimum absolute atomic E-state index is 0.00483. The molecular formula is C13H11N3O2S. The van der Waals surface area contributed by atoms with E-state index in [0.717, 1.165) is 10.1 Å². The second kappa shape index (κ2) is 4.81. The molecule has 96 valence electrons. The molecule has 0 saturated carbocycles. The van der Waals surface area contributed by atoms with Crippen LogP contribution in [0.4, 0.5) is 0 Å². The summed E-state index contributed by atoms with van der Waals surface area (Å²) in [5, 5.41) is 0.739. The normalized spacial score (nSPS) is 10.8. The van der Waals surface area contributed by atoms with E-state index in [9.17, 15) is 4.79 Å². The van der Waals surface area contributed by atoms with Gasteiger partial charge in [0, 0.05) is 0 Å². The van der Waals surface area contributed by atoms with E-state index in [0.29, 0.717) is 18.1 Å². The van der Waals surface area contributed by atoms with Crippen molar-refractivity contribution >= 4 is 21.6 Å². The van der Waals surface area contributed by atoms with Gasteiger partial charge in [0.05, 0.1) is 41.8 Å². The average molecular weight is 273 g/mol. The van der Waals surface area contributed by atoms with Crippen molar-refractivity contribution in [3.63, 3.8) is 0 Å². The Labute approximate surface area is 113 Å². The molecule has 3 aromatic rings. The van der Waals surface area contributed by atoms with Crippen molar-refractivity contribution < 1.29 is 4.74 Å². The van der Waals surface area contributed by atoms with Crippen LogP contribution in [0, 0.1) is 0 Å². The Morgan fingerprint density at radius 3 is 2.95 bits per heavy atom. The molecule has 19 heavy (non-hydrogen) atoms. The van der Waals surface area contributed by atoms with Crippen LogP contribution >= 0.6 is 11.5 Å². The van der Waals surface area contributed by atoms with Crippen molar-refractivity contribution in [1.82, 2.24) is 13.9 Å². The summed E-state index contributed by atoms with van der Waals surface area (Å²) >= 11 is 1.43. The number of nitrogens with zero attached hydrogens (tertiary/aromatic N) is 3. The number of rotatable bonds is 3. The lowest BCUT2D eigenvalue weighted by Gasteiger charge is -2.02. The summed E-state index contributed by atoms with van der Waals surface area (Å²) in [6.45, 7) is 0.405. The average Bonchev–Trinajstić information content (AvgIpc) is 2.76. The number of hydrogen-bond acceptors (Lipinski definition) is 5. The molecular weight excluding hydrogens is 262 g/mol. The summed E-state index contributed by atoms with van der Waals surface area (Å²) in [5.74, 6) is 0.451. The zero-order chi connectivity index (χ0) is 13.2. The van der Waals surface area contributed by atoms with E-state index >= 15 is 0 Å². The van der Waals surface area contributed by atoms with Crippen molar-refractivity contribution in [3.05, 3.63) is 52.7 Å². The largest absolute Gasteiger partial charge is 0.480 e. The fourth-order valence-electron chi connectivity index (χ4n) is 1.83. The second-order valence-electron chi connectivity index (χ2n) is 3.98. The van der Waals surface area contributed by atoms with Crippen LogP contribution in [0.2, 0.25) is 0 Å².